The second-order valence-electron chi connectivity index (χ2n) is 6.02. The number of hydrogen-bond donors (Lipinski definition) is 0. The Morgan fingerprint density at radius 1 is 0.870 bits per heavy atom. The molecule has 0 atom stereocenters. The van der Waals surface area contributed by atoms with Crippen molar-refractivity contribution >= 4 is 22.1 Å². The van der Waals surface area contributed by atoms with Crippen LogP contribution in [0.1, 0.15) is 19.2 Å². The maximum absolute atomic E-state index is 4.80. The van der Waals surface area contributed by atoms with Crippen LogP contribution in [0.25, 0.3) is 33.5 Å². The molecule has 0 aliphatic rings. The van der Waals surface area contributed by atoms with Crippen molar-refractivity contribution in [2.45, 2.75) is 19.8 Å². The quantitative estimate of drug-likeness (QED) is 0.572. The van der Waals surface area contributed by atoms with E-state index in [1.165, 1.54) is 5.52 Å². The lowest BCUT2D eigenvalue weighted by Crippen LogP contribution is -1.96. The van der Waals surface area contributed by atoms with Gasteiger partial charge in [-0.05, 0) is 36.8 Å². The van der Waals surface area contributed by atoms with Crippen LogP contribution in [-0.2, 0) is 20.5 Å². The third-order valence-corrected chi connectivity index (χ3v) is 4.49. The number of aromatic nitrogens is 4. The van der Waals surface area contributed by atoms with Gasteiger partial charge in [0, 0.05) is 26.1 Å². The van der Waals surface area contributed by atoms with Gasteiger partial charge in [0.25, 0.3) is 0 Å². The standard InChI is InChI=1S/C19H20N4/c1-4-7-18-20-15-12-13(10-11-17(15)22(18)2)19-21-14-8-5-6-9-16(14)23(19)3/h5-6,8-12H,4,7H2,1-3H3. The van der Waals surface area contributed by atoms with Crippen molar-refractivity contribution in [1.29, 1.82) is 0 Å². The monoisotopic (exact) mass is 304 g/mol. The Hall–Kier alpha value is -2.62. The zero-order chi connectivity index (χ0) is 16.0. The summed E-state index contributed by atoms with van der Waals surface area (Å²) in [5, 5.41) is 0. The summed E-state index contributed by atoms with van der Waals surface area (Å²) in [6.45, 7) is 2.18. The van der Waals surface area contributed by atoms with E-state index >= 15 is 0 Å². The molecule has 4 nitrogen and oxygen atoms in total. The van der Waals surface area contributed by atoms with E-state index in [9.17, 15) is 0 Å². The van der Waals surface area contributed by atoms with E-state index in [2.05, 4.69) is 60.5 Å². The molecular weight excluding hydrogens is 284 g/mol. The molecule has 0 saturated carbocycles. The van der Waals surface area contributed by atoms with E-state index in [-0.39, 0.29) is 0 Å². The van der Waals surface area contributed by atoms with Crippen molar-refractivity contribution < 1.29 is 0 Å². The zero-order valence-corrected chi connectivity index (χ0v) is 13.7. The normalized spacial score (nSPS) is 11.6. The lowest BCUT2D eigenvalue weighted by molar-refractivity contribution is 0.773. The first-order valence-electron chi connectivity index (χ1n) is 8.06. The molecule has 116 valence electrons. The summed E-state index contributed by atoms with van der Waals surface area (Å²) in [4.78, 5) is 9.58. The second kappa shape index (κ2) is 5.23. The first kappa shape index (κ1) is 14.0. The molecule has 4 heteroatoms. The van der Waals surface area contributed by atoms with Gasteiger partial charge in [-0.1, -0.05) is 19.1 Å². The Labute approximate surface area is 135 Å². The van der Waals surface area contributed by atoms with Gasteiger partial charge in [0.15, 0.2) is 0 Å². The van der Waals surface area contributed by atoms with Crippen LogP contribution in [0.5, 0.6) is 0 Å². The van der Waals surface area contributed by atoms with Crippen LogP contribution in [0.15, 0.2) is 42.5 Å². The van der Waals surface area contributed by atoms with Gasteiger partial charge in [-0.2, -0.15) is 0 Å². The summed E-state index contributed by atoms with van der Waals surface area (Å²) in [7, 11) is 4.16. The predicted octanol–water partition coefficient (Wildman–Crippen LogP) is 4.08. The van der Waals surface area contributed by atoms with Gasteiger partial charge in [0.1, 0.15) is 11.6 Å². The van der Waals surface area contributed by atoms with Gasteiger partial charge in [0.05, 0.1) is 22.1 Å². The van der Waals surface area contributed by atoms with E-state index in [0.29, 0.717) is 0 Å². The Bertz CT molecular complexity index is 1010. The number of benzene rings is 2. The maximum Gasteiger partial charge on any atom is 0.140 e. The SMILES string of the molecule is CCCc1nc2cc(-c3nc4ccccc4n3C)ccc2n1C. The van der Waals surface area contributed by atoms with Crippen LogP contribution in [0.4, 0.5) is 0 Å². The van der Waals surface area contributed by atoms with E-state index < -0.39 is 0 Å². The van der Waals surface area contributed by atoms with Crippen molar-refractivity contribution in [1.82, 2.24) is 19.1 Å². The van der Waals surface area contributed by atoms with Gasteiger partial charge in [-0.25, -0.2) is 9.97 Å². The zero-order valence-electron chi connectivity index (χ0n) is 13.7. The minimum Gasteiger partial charge on any atom is -0.331 e. The highest BCUT2D eigenvalue weighted by Gasteiger charge is 2.12. The summed E-state index contributed by atoms with van der Waals surface area (Å²) >= 11 is 0. The molecule has 0 bridgehead atoms. The summed E-state index contributed by atoms with van der Waals surface area (Å²) < 4.78 is 4.34. The molecule has 0 radical (unpaired) electrons. The molecule has 4 aromatic rings. The first-order valence-corrected chi connectivity index (χ1v) is 8.06. The summed E-state index contributed by atoms with van der Waals surface area (Å²) in [6, 6.07) is 14.7. The molecule has 0 aliphatic carbocycles. The first-order chi connectivity index (χ1) is 11.2. The van der Waals surface area contributed by atoms with Gasteiger partial charge < -0.3 is 9.13 Å². The fourth-order valence-electron chi connectivity index (χ4n) is 3.24. The maximum atomic E-state index is 4.80. The number of aryl methyl sites for hydroxylation is 3. The van der Waals surface area contributed by atoms with Crippen LogP contribution >= 0.6 is 0 Å². The van der Waals surface area contributed by atoms with Crippen molar-refractivity contribution in [2.75, 3.05) is 0 Å². The molecule has 23 heavy (non-hydrogen) atoms. The highest BCUT2D eigenvalue weighted by molar-refractivity contribution is 5.85. The van der Waals surface area contributed by atoms with Crippen LogP contribution in [0, 0.1) is 0 Å². The van der Waals surface area contributed by atoms with E-state index in [4.69, 9.17) is 9.97 Å². The molecule has 0 aliphatic heterocycles. The van der Waals surface area contributed by atoms with Crippen LogP contribution < -0.4 is 0 Å². The number of para-hydroxylation sites is 2. The Morgan fingerprint density at radius 2 is 1.65 bits per heavy atom. The Kier molecular flexibility index (Phi) is 3.18. The second-order valence-corrected chi connectivity index (χ2v) is 6.02. The molecule has 2 heterocycles. The third-order valence-electron chi connectivity index (χ3n) is 4.49. The largest absolute Gasteiger partial charge is 0.331 e. The van der Waals surface area contributed by atoms with Crippen LogP contribution in [0.3, 0.4) is 0 Å². The summed E-state index contributed by atoms with van der Waals surface area (Å²) in [6.07, 6.45) is 2.11. The average Bonchev–Trinajstić information content (AvgIpc) is 3.06. The lowest BCUT2D eigenvalue weighted by atomic mass is 10.2. The molecule has 0 saturated heterocycles. The number of imidazole rings is 2. The molecule has 0 spiro atoms. The van der Waals surface area contributed by atoms with Crippen molar-refractivity contribution in [3.05, 3.63) is 48.3 Å². The topological polar surface area (TPSA) is 35.6 Å². The third kappa shape index (κ3) is 2.13. The molecule has 0 amide bonds. The minimum absolute atomic E-state index is 0.982. The smallest absolute Gasteiger partial charge is 0.140 e. The van der Waals surface area contributed by atoms with Crippen molar-refractivity contribution in [3.8, 4) is 11.4 Å². The molecular formula is C19H20N4. The van der Waals surface area contributed by atoms with E-state index in [1.54, 1.807) is 0 Å². The van der Waals surface area contributed by atoms with Gasteiger partial charge in [-0.3, -0.25) is 0 Å². The molecule has 0 N–H and O–H groups in total. The molecule has 2 aromatic heterocycles. The van der Waals surface area contributed by atoms with Crippen LogP contribution in [-0.4, -0.2) is 19.1 Å². The highest BCUT2D eigenvalue weighted by Crippen LogP contribution is 2.27. The highest BCUT2D eigenvalue weighted by atomic mass is 15.1. The summed E-state index contributed by atoms with van der Waals surface area (Å²) in [5.74, 6) is 2.13. The Balaban J connectivity index is 1.89. The average molecular weight is 304 g/mol. The van der Waals surface area contributed by atoms with E-state index in [0.717, 1.165) is 46.6 Å². The minimum atomic E-state index is 0.982. The molecule has 2 aromatic carbocycles. The van der Waals surface area contributed by atoms with Gasteiger partial charge in [-0.15, -0.1) is 0 Å². The fraction of sp³-hybridized carbons (Fsp3) is 0.263. The molecule has 4 rings (SSSR count). The fourth-order valence-corrected chi connectivity index (χ4v) is 3.24. The van der Waals surface area contributed by atoms with E-state index in [1.807, 2.05) is 12.1 Å². The van der Waals surface area contributed by atoms with Crippen LogP contribution in [0.2, 0.25) is 0 Å². The number of hydrogen-bond acceptors (Lipinski definition) is 2. The summed E-state index contributed by atoms with van der Waals surface area (Å²) in [5.41, 5.74) is 5.50. The molecule has 0 unspecified atom stereocenters. The number of rotatable bonds is 3. The number of fused-ring (bicyclic) bond motifs is 2. The molecule has 0 fully saturated rings. The lowest BCUT2D eigenvalue weighted by Gasteiger charge is -2.03. The van der Waals surface area contributed by atoms with Gasteiger partial charge in [0.2, 0.25) is 0 Å². The van der Waals surface area contributed by atoms with Crippen molar-refractivity contribution in [2.24, 2.45) is 14.1 Å². The van der Waals surface area contributed by atoms with Gasteiger partial charge >= 0.3 is 0 Å². The predicted molar refractivity (Wildman–Crippen MR) is 94.4 cm³/mol. The van der Waals surface area contributed by atoms with Crippen molar-refractivity contribution in [3.63, 3.8) is 0 Å². The Morgan fingerprint density at radius 3 is 2.43 bits per heavy atom. The number of nitrogens with zero attached hydrogens (tertiary/aromatic N) is 4.